The van der Waals surface area contributed by atoms with E-state index in [0.717, 1.165) is 16.9 Å². The Kier molecular flexibility index (Phi) is 4.41. The van der Waals surface area contributed by atoms with Crippen LogP contribution < -0.4 is 10.1 Å². The van der Waals surface area contributed by atoms with E-state index in [4.69, 9.17) is 4.74 Å². The Morgan fingerprint density at radius 2 is 1.83 bits per heavy atom. The number of benzene rings is 1. The van der Waals surface area contributed by atoms with Gasteiger partial charge in [0.2, 0.25) is 0 Å². The fourth-order valence-electron chi connectivity index (χ4n) is 1.78. The second-order valence-electron chi connectivity index (χ2n) is 6.08. The van der Waals surface area contributed by atoms with Crippen LogP contribution in [0, 0.1) is 6.92 Å². The van der Waals surface area contributed by atoms with Gasteiger partial charge in [-0.05, 0) is 46.8 Å². The Bertz CT molecular complexity index is 405. The SMILES string of the molecule is COc1ccc(C)cc1C(C)(O)CNC(C)(C)C. The summed E-state index contributed by atoms with van der Waals surface area (Å²) in [6.45, 7) is 10.5. The van der Waals surface area contributed by atoms with Crippen molar-refractivity contribution in [1.29, 1.82) is 0 Å². The van der Waals surface area contributed by atoms with E-state index in [1.807, 2.05) is 32.0 Å². The fourth-order valence-corrected chi connectivity index (χ4v) is 1.78. The van der Waals surface area contributed by atoms with Crippen LogP contribution in [-0.2, 0) is 5.60 Å². The molecule has 0 saturated carbocycles. The predicted octanol–water partition coefficient (Wildman–Crippen LogP) is 2.60. The Morgan fingerprint density at radius 1 is 1.22 bits per heavy atom. The van der Waals surface area contributed by atoms with Crippen molar-refractivity contribution >= 4 is 0 Å². The highest BCUT2D eigenvalue weighted by atomic mass is 16.5. The Morgan fingerprint density at radius 3 is 2.33 bits per heavy atom. The van der Waals surface area contributed by atoms with Gasteiger partial charge in [-0.1, -0.05) is 11.6 Å². The van der Waals surface area contributed by atoms with E-state index in [-0.39, 0.29) is 5.54 Å². The zero-order valence-corrected chi connectivity index (χ0v) is 12.3. The van der Waals surface area contributed by atoms with Crippen molar-refractivity contribution in [3.05, 3.63) is 29.3 Å². The minimum absolute atomic E-state index is 0.0267. The predicted molar refractivity (Wildman–Crippen MR) is 75.1 cm³/mol. The lowest BCUT2D eigenvalue weighted by Crippen LogP contribution is -2.44. The van der Waals surface area contributed by atoms with E-state index in [1.54, 1.807) is 7.11 Å². The lowest BCUT2D eigenvalue weighted by Gasteiger charge is -2.31. The number of ether oxygens (including phenoxy) is 1. The Hall–Kier alpha value is -1.06. The second kappa shape index (κ2) is 5.29. The number of hydrogen-bond acceptors (Lipinski definition) is 3. The van der Waals surface area contributed by atoms with Gasteiger partial charge in [0.25, 0.3) is 0 Å². The number of rotatable bonds is 4. The van der Waals surface area contributed by atoms with Crippen LogP contribution in [0.15, 0.2) is 18.2 Å². The smallest absolute Gasteiger partial charge is 0.125 e. The molecule has 0 amide bonds. The van der Waals surface area contributed by atoms with Gasteiger partial charge >= 0.3 is 0 Å². The Balaban J connectivity index is 2.99. The molecule has 0 fully saturated rings. The summed E-state index contributed by atoms with van der Waals surface area (Å²) in [5.74, 6) is 0.723. The van der Waals surface area contributed by atoms with Gasteiger partial charge in [-0.25, -0.2) is 0 Å². The van der Waals surface area contributed by atoms with Crippen LogP contribution in [0.3, 0.4) is 0 Å². The molecule has 0 saturated heterocycles. The quantitative estimate of drug-likeness (QED) is 0.864. The molecule has 1 atom stereocenters. The number of aliphatic hydroxyl groups is 1. The van der Waals surface area contributed by atoms with Gasteiger partial charge in [0, 0.05) is 17.6 Å². The molecule has 1 aromatic carbocycles. The van der Waals surface area contributed by atoms with Gasteiger partial charge in [-0.2, -0.15) is 0 Å². The van der Waals surface area contributed by atoms with Crippen LogP contribution in [0.4, 0.5) is 0 Å². The monoisotopic (exact) mass is 251 g/mol. The zero-order valence-electron chi connectivity index (χ0n) is 12.3. The fraction of sp³-hybridized carbons (Fsp3) is 0.600. The topological polar surface area (TPSA) is 41.5 Å². The van der Waals surface area contributed by atoms with Gasteiger partial charge in [0.1, 0.15) is 11.4 Å². The molecule has 1 rings (SSSR count). The third-order valence-corrected chi connectivity index (χ3v) is 2.90. The minimum atomic E-state index is -0.954. The number of β-amino-alcohol motifs (C(OH)–C–C–N with tert-alkyl or cyclic N) is 1. The van der Waals surface area contributed by atoms with Crippen LogP contribution in [0.5, 0.6) is 5.75 Å². The molecule has 1 unspecified atom stereocenters. The molecule has 0 spiro atoms. The van der Waals surface area contributed by atoms with Crippen LogP contribution in [0.2, 0.25) is 0 Å². The first kappa shape index (κ1) is 15.0. The first-order chi connectivity index (χ1) is 8.15. The highest BCUT2D eigenvalue weighted by Gasteiger charge is 2.28. The molecule has 2 N–H and O–H groups in total. The van der Waals surface area contributed by atoms with Crippen LogP contribution in [-0.4, -0.2) is 24.3 Å². The summed E-state index contributed by atoms with van der Waals surface area (Å²) >= 11 is 0. The maximum Gasteiger partial charge on any atom is 0.125 e. The average Bonchev–Trinajstić information content (AvgIpc) is 2.26. The molecular formula is C15H25NO2. The molecule has 0 radical (unpaired) electrons. The first-order valence-corrected chi connectivity index (χ1v) is 6.28. The normalized spacial score (nSPS) is 15.3. The summed E-state index contributed by atoms with van der Waals surface area (Å²) in [6, 6.07) is 5.86. The third kappa shape index (κ3) is 4.00. The summed E-state index contributed by atoms with van der Waals surface area (Å²) in [6.07, 6.45) is 0. The molecule has 3 heteroatoms. The summed E-state index contributed by atoms with van der Waals surface area (Å²) in [7, 11) is 1.63. The van der Waals surface area contributed by atoms with E-state index >= 15 is 0 Å². The second-order valence-corrected chi connectivity index (χ2v) is 6.08. The van der Waals surface area contributed by atoms with Gasteiger partial charge in [0.05, 0.1) is 7.11 Å². The lowest BCUT2D eigenvalue weighted by molar-refractivity contribution is 0.0476. The van der Waals surface area contributed by atoms with Crippen molar-refractivity contribution in [2.24, 2.45) is 0 Å². The minimum Gasteiger partial charge on any atom is -0.496 e. The molecule has 18 heavy (non-hydrogen) atoms. The molecular weight excluding hydrogens is 226 g/mol. The molecule has 0 bridgehead atoms. The first-order valence-electron chi connectivity index (χ1n) is 6.28. The van der Waals surface area contributed by atoms with E-state index in [9.17, 15) is 5.11 Å². The standard InChI is InChI=1S/C15H25NO2/c1-11-7-8-13(18-6)12(9-11)15(5,17)10-16-14(2,3)4/h7-9,16-17H,10H2,1-6H3. The van der Waals surface area contributed by atoms with Gasteiger partial charge in [-0.3, -0.25) is 0 Å². The largest absolute Gasteiger partial charge is 0.496 e. The van der Waals surface area contributed by atoms with E-state index in [2.05, 4.69) is 26.1 Å². The average molecular weight is 251 g/mol. The summed E-state index contributed by atoms with van der Waals surface area (Å²) in [5.41, 5.74) is 0.953. The maximum absolute atomic E-state index is 10.6. The lowest BCUT2D eigenvalue weighted by atomic mass is 9.92. The van der Waals surface area contributed by atoms with Crippen LogP contribution in [0.25, 0.3) is 0 Å². The van der Waals surface area contributed by atoms with Crippen molar-refractivity contribution in [1.82, 2.24) is 5.32 Å². The maximum atomic E-state index is 10.6. The molecule has 1 aromatic rings. The molecule has 0 aliphatic rings. The summed E-state index contributed by atoms with van der Waals surface area (Å²) < 4.78 is 5.33. The summed E-state index contributed by atoms with van der Waals surface area (Å²) in [5, 5.41) is 14.0. The highest BCUT2D eigenvalue weighted by Crippen LogP contribution is 2.30. The van der Waals surface area contributed by atoms with Crippen molar-refractivity contribution in [2.75, 3.05) is 13.7 Å². The van der Waals surface area contributed by atoms with Crippen molar-refractivity contribution in [3.63, 3.8) is 0 Å². The highest BCUT2D eigenvalue weighted by molar-refractivity contribution is 5.40. The number of hydrogen-bond donors (Lipinski definition) is 2. The van der Waals surface area contributed by atoms with Crippen LogP contribution >= 0.6 is 0 Å². The number of methoxy groups -OCH3 is 1. The van der Waals surface area contributed by atoms with Gasteiger partial charge in [0.15, 0.2) is 0 Å². The van der Waals surface area contributed by atoms with Crippen molar-refractivity contribution in [3.8, 4) is 5.75 Å². The van der Waals surface area contributed by atoms with Crippen molar-refractivity contribution in [2.45, 2.75) is 45.8 Å². The van der Waals surface area contributed by atoms with E-state index in [0.29, 0.717) is 6.54 Å². The number of nitrogens with one attached hydrogen (secondary N) is 1. The van der Waals surface area contributed by atoms with E-state index in [1.165, 1.54) is 0 Å². The molecule has 0 aliphatic heterocycles. The molecule has 0 aliphatic carbocycles. The van der Waals surface area contributed by atoms with Crippen molar-refractivity contribution < 1.29 is 9.84 Å². The summed E-state index contributed by atoms with van der Waals surface area (Å²) in [4.78, 5) is 0. The van der Waals surface area contributed by atoms with Gasteiger partial charge in [-0.15, -0.1) is 0 Å². The molecule has 0 heterocycles. The molecule has 3 nitrogen and oxygen atoms in total. The van der Waals surface area contributed by atoms with E-state index < -0.39 is 5.60 Å². The van der Waals surface area contributed by atoms with Gasteiger partial charge < -0.3 is 15.2 Å². The Labute approximate surface area is 110 Å². The molecule has 102 valence electrons. The zero-order chi connectivity index (χ0) is 14.0. The third-order valence-electron chi connectivity index (χ3n) is 2.90. The molecule has 0 aromatic heterocycles. The van der Waals surface area contributed by atoms with Crippen LogP contribution in [0.1, 0.15) is 38.8 Å². The number of aryl methyl sites for hydroxylation is 1.